The summed E-state index contributed by atoms with van der Waals surface area (Å²) in [7, 11) is 1.68. The van der Waals surface area contributed by atoms with E-state index in [2.05, 4.69) is 26.8 Å². The second kappa shape index (κ2) is 6.31. The minimum Gasteiger partial charge on any atom is -0.383 e. The number of methoxy groups -OCH3 is 1. The number of amides is 1. The highest BCUT2D eigenvalue weighted by Crippen LogP contribution is 2.28. The molecule has 0 saturated carbocycles. The lowest BCUT2D eigenvalue weighted by Gasteiger charge is -2.21. The van der Waals surface area contributed by atoms with Crippen LogP contribution in [0.25, 0.3) is 0 Å². The Morgan fingerprint density at radius 3 is 3.18 bits per heavy atom. The molecule has 0 spiro atoms. The number of rotatable bonds is 5. The van der Waals surface area contributed by atoms with Crippen LogP contribution in [0.5, 0.6) is 0 Å². The number of nitrogens with one attached hydrogen (secondary N) is 2. The predicted octanol–water partition coefficient (Wildman–Crippen LogP) is 1.37. The number of fused-ring (bicyclic) bond motifs is 1. The molecule has 2 N–H and O–H groups in total. The summed E-state index contributed by atoms with van der Waals surface area (Å²) >= 11 is 0. The minimum atomic E-state index is -0.159. The maximum atomic E-state index is 12.3. The van der Waals surface area contributed by atoms with Crippen molar-refractivity contribution in [2.24, 2.45) is 0 Å². The molecule has 7 nitrogen and oxygen atoms in total. The van der Waals surface area contributed by atoms with Crippen LogP contribution < -0.4 is 5.32 Å². The van der Waals surface area contributed by atoms with E-state index in [0.29, 0.717) is 12.3 Å². The molecule has 0 saturated heterocycles. The Morgan fingerprint density at radius 1 is 1.59 bits per heavy atom. The van der Waals surface area contributed by atoms with Crippen molar-refractivity contribution in [1.29, 1.82) is 0 Å². The smallest absolute Gasteiger partial charge is 0.272 e. The molecule has 2 aromatic rings. The molecule has 3 rings (SSSR count). The van der Waals surface area contributed by atoms with Gasteiger partial charge in [-0.25, -0.2) is 0 Å². The van der Waals surface area contributed by atoms with Crippen molar-refractivity contribution < 1.29 is 9.53 Å². The number of carbonyl (C=O) groups is 1. The summed E-state index contributed by atoms with van der Waals surface area (Å²) < 4.78 is 6.99. The van der Waals surface area contributed by atoms with Gasteiger partial charge in [-0.2, -0.15) is 10.2 Å². The molecule has 0 bridgehead atoms. The Kier molecular flexibility index (Phi) is 4.24. The number of nitrogens with zero attached hydrogens (tertiary/aromatic N) is 3. The summed E-state index contributed by atoms with van der Waals surface area (Å²) in [5.41, 5.74) is 3.48. The van der Waals surface area contributed by atoms with Crippen LogP contribution in [0.1, 0.15) is 46.3 Å². The van der Waals surface area contributed by atoms with E-state index >= 15 is 0 Å². The number of H-pyrrole nitrogens is 1. The molecular formula is C15H21N5O2. The molecule has 0 fully saturated rings. The Balaban J connectivity index is 1.73. The molecule has 7 heteroatoms. The van der Waals surface area contributed by atoms with E-state index in [1.165, 1.54) is 5.56 Å². The molecule has 0 unspecified atom stereocenters. The van der Waals surface area contributed by atoms with Crippen molar-refractivity contribution >= 4 is 5.91 Å². The molecule has 0 aromatic carbocycles. The number of aromatic nitrogens is 4. The molecule has 1 atom stereocenters. The third-order valence-corrected chi connectivity index (χ3v) is 3.91. The number of aromatic amines is 1. The fraction of sp³-hybridized carbons (Fsp3) is 0.533. The van der Waals surface area contributed by atoms with Gasteiger partial charge < -0.3 is 10.1 Å². The van der Waals surface area contributed by atoms with Crippen LogP contribution in [0.4, 0.5) is 0 Å². The molecule has 2 aromatic heterocycles. The van der Waals surface area contributed by atoms with Crippen molar-refractivity contribution in [3.05, 3.63) is 34.9 Å². The average molecular weight is 303 g/mol. The standard InChI is InChI=1S/C15H21N5O2/c1-10-8-13(18-17-10)15(21)16-12-5-3-4-11-9-20(6-7-22-2)19-14(11)12/h8-9,12H,3-7H2,1-2H3,(H,16,21)(H,17,18)/t12-/m0/s1. The number of aryl methyl sites for hydroxylation is 2. The fourth-order valence-electron chi connectivity index (χ4n) is 2.80. The predicted molar refractivity (Wildman–Crippen MR) is 80.6 cm³/mol. The number of hydrogen-bond acceptors (Lipinski definition) is 4. The minimum absolute atomic E-state index is 0.0444. The monoisotopic (exact) mass is 303 g/mol. The summed E-state index contributed by atoms with van der Waals surface area (Å²) in [4.78, 5) is 12.3. The molecule has 118 valence electrons. The van der Waals surface area contributed by atoms with Gasteiger partial charge in [0, 0.05) is 19.0 Å². The Hall–Kier alpha value is -2.15. The van der Waals surface area contributed by atoms with E-state index in [4.69, 9.17) is 4.74 Å². The summed E-state index contributed by atoms with van der Waals surface area (Å²) in [6.07, 6.45) is 5.03. The quantitative estimate of drug-likeness (QED) is 0.873. The van der Waals surface area contributed by atoms with Gasteiger partial charge in [-0.05, 0) is 37.8 Å². The van der Waals surface area contributed by atoms with Crippen LogP contribution >= 0.6 is 0 Å². The molecule has 0 aliphatic heterocycles. The Bertz CT molecular complexity index is 661. The van der Waals surface area contributed by atoms with Crippen LogP contribution in [0.3, 0.4) is 0 Å². The summed E-state index contributed by atoms with van der Waals surface area (Å²) in [5.74, 6) is -0.159. The van der Waals surface area contributed by atoms with Crippen LogP contribution in [0, 0.1) is 6.92 Å². The van der Waals surface area contributed by atoms with Gasteiger partial charge in [0.2, 0.25) is 0 Å². The van der Waals surface area contributed by atoms with Crippen LogP contribution in [-0.4, -0.2) is 39.6 Å². The van der Waals surface area contributed by atoms with Crippen molar-refractivity contribution in [1.82, 2.24) is 25.3 Å². The topological polar surface area (TPSA) is 84.8 Å². The highest BCUT2D eigenvalue weighted by Gasteiger charge is 2.26. The Labute approximate surface area is 129 Å². The Morgan fingerprint density at radius 2 is 2.45 bits per heavy atom. The average Bonchev–Trinajstić information content (AvgIpc) is 3.11. The van der Waals surface area contributed by atoms with Gasteiger partial charge in [-0.1, -0.05) is 0 Å². The highest BCUT2D eigenvalue weighted by molar-refractivity contribution is 5.92. The van der Waals surface area contributed by atoms with E-state index in [1.807, 2.05) is 11.6 Å². The van der Waals surface area contributed by atoms with Crippen molar-refractivity contribution in [2.45, 2.75) is 38.8 Å². The van der Waals surface area contributed by atoms with Gasteiger partial charge in [-0.3, -0.25) is 14.6 Å². The van der Waals surface area contributed by atoms with Gasteiger partial charge in [0.25, 0.3) is 5.91 Å². The van der Waals surface area contributed by atoms with Crippen LogP contribution in [0.15, 0.2) is 12.3 Å². The lowest BCUT2D eigenvalue weighted by Crippen LogP contribution is -2.31. The summed E-state index contributed by atoms with van der Waals surface area (Å²) in [6.45, 7) is 3.23. The summed E-state index contributed by atoms with van der Waals surface area (Å²) in [6, 6.07) is 1.70. The third kappa shape index (κ3) is 3.04. The van der Waals surface area contributed by atoms with E-state index in [0.717, 1.165) is 37.2 Å². The van der Waals surface area contributed by atoms with Crippen molar-refractivity contribution in [3.8, 4) is 0 Å². The van der Waals surface area contributed by atoms with E-state index < -0.39 is 0 Å². The third-order valence-electron chi connectivity index (χ3n) is 3.91. The van der Waals surface area contributed by atoms with Gasteiger partial charge in [0.05, 0.1) is 24.9 Å². The lowest BCUT2D eigenvalue weighted by atomic mass is 9.93. The van der Waals surface area contributed by atoms with Crippen LogP contribution in [0.2, 0.25) is 0 Å². The zero-order chi connectivity index (χ0) is 15.5. The first-order valence-corrected chi connectivity index (χ1v) is 7.55. The van der Waals surface area contributed by atoms with E-state index in [9.17, 15) is 4.79 Å². The maximum absolute atomic E-state index is 12.3. The molecular weight excluding hydrogens is 282 g/mol. The number of ether oxygens (including phenoxy) is 1. The largest absolute Gasteiger partial charge is 0.383 e. The first-order valence-electron chi connectivity index (χ1n) is 7.55. The van der Waals surface area contributed by atoms with E-state index in [-0.39, 0.29) is 11.9 Å². The molecule has 1 amide bonds. The van der Waals surface area contributed by atoms with Gasteiger partial charge in [0.15, 0.2) is 0 Å². The number of carbonyl (C=O) groups excluding carboxylic acids is 1. The van der Waals surface area contributed by atoms with Crippen LogP contribution in [-0.2, 0) is 17.7 Å². The first kappa shape index (κ1) is 14.8. The highest BCUT2D eigenvalue weighted by atomic mass is 16.5. The zero-order valence-corrected chi connectivity index (χ0v) is 12.9. The lowest BCUT2D eigenvalue weighted by molar-refractivity contribution is 0.0926. The molecule has 22 heavy (non-hydrogen) atoms. The molecule has 1 aliphatic rings. The maximum Gasteiger partial charge on any atom is 0.272 e. The number of hydrogen-bond donors (Lipinski definition) is 2. The second-order valence-electron chi connectivity index (χ2n) is 5.65. The van der Waals surface area contributed by atoms with Gasteiger partial charge in [0.1, 0.15) is 5.69 Å². The van der Waals surface area contributed by atoms with Crippen molar-refractivity contribution in [2.75, 3.05) is 13.7 Å². The first-order chi connectivity index (χ1) is 10.7. The molecule has 0 radical (unpaired) electrons. The summed E-state index contributed by atoms with van der Waals surface area (Å²) in [5, 5.41) is 14.5. The van der Waals surface area contributed by atoms with Gasteiger partial charge in [-0.15, -0.1) is 0 Å². The normalized spacial score (nSPS) is 17.3. The molecule has 1 aliphatic carbocycles. The SMILES string of the molecule is COCCn1cc2c(n1)[C@@H](NC(=O)c1cc(C)[nH]n1)CCC2. The fourth-order valence-corrected chi connectivity index (χ4v) is 2.80. The second-order valence-corrected chi connectivity index (χ2v) is 5.65. The molecule has 2 heterocycles. The van der Waals surface area contributed by atoms with Gasteiger partial charge >= 0.3 is 0 Å². The van der Waals surface area contributed by atoms with E-state index in [1.54, 1.807) is 13.2 Å². The zero-order valence-electron chi connectivity index (χ0n) is 12.9. The van der Waals surface area contributed by atoms with Crippen molar-refractivity contribution in [3.63, 3.8) is 0 Å².